The number of para-hydroxylation sites is 1. The molecular weight excluding hydrogens is 261 g/mol. The molecule has 1 N–H and O–H groups in total. The van der Waals surface area contributed by atoms with Gasteiger partial charge in [0.15, 0.2) is 0 Å². The minimum Gasteiger partial charge on any atom is -0.408 e. The molecule has 17 heavy (non-hydrogen) atoms. The maximum absolute atomic E-state index is 6.01. The molecule has 0 atom stereocenters. The van der Waals surface area contributed by atoms with E-state index in [1.807, 2.05) is 6.92 Å². The van der Waals surface area contributed by atoms with Gasteiger partial charge in [-0.3, -0.25) is 0 Å². The van der Waals surface area contributed by atoms with Crippen molar-refractivity contribution in [1.29, 1.82) is 0 Å². The number of nitrogens with one attached hydrogen (secondary N) is 1. The quantitative estimate of drug-likeness (QED) is 0.911. The summed E-state index contributed by atoms with van der Waals surface area (Å²) in [7, 11) is 0. The lowest BCUT2D eigenvalue weighted by Gasteiger charge is -2.05. The fraction of sp³-hybridized carbons (Fsp3) is 0.273. The minimum absolute atomic E-state index is 0.295. The highest BCUT2D eigenvalue weighted by atomic mass is 35.5. The molecule has 0 saturated heterocycles. The van der Waals surface area contributed by atoms with E-state index in [0.29, 0.717) is 27.6 Å². The molecule has 0 bridgehead atoms. The number of aromatic nitrogens is 2. The van der Waals surface area contributed by atoms with Crippen LogP contribution >= 0.6 is 23.2 Å². The minimum atomic E-state index is 0.295. The number of aryl methyl sites for hydroxylation is 1. The predicted molar refractivity (Wildman–Crippen MR) is 68.0 cm³/mol. The van der Waals surface area contributed by atoms with E-state index >= 15 is 0 Å². The Balaban J connectivity index is 2.19. The van der Waals surface area contributed by atoms with Gasteiger partial charge >= 0.3 is 6.01 Å². The van der Waals surface area contributed by atoms with Gasteiger partial charge in [0.2, 0.25) is 5.89 Å². The van der Waals surface area contributed by atoms with Crippen molar-refractivity contribution in [1.82, 2.24) is 10.2 Å². The van der Waals surface area contributed by atoms with Gasteiger partial charge in [-0.05, 0) is 18.6 Å². The van der Waals surface area contributed by atoms with E-state index in [0.717, 1.165) is 12.8 Å². The van der Waals surface area contributed by atoms with Crippen molar-refractivity contribution in [2.24, 2.45) is 0 Å². The monoisotopic (exact) mass is 271 g/mol. The first kappa shape index (κ1) is 12.2. The summed E-state index contributed by atoms with van der Waals surface area (Å²) in [6.45, 7) is 2.04. The van der Waals surface area contributed by atoms with E-state index in [-0.39, 0.29) is 0 Å². The standard InChI is InChI=1S/C11H11Cl2N3O/c1-2-4-9-15-16-11(17-9)14-10-7(12)5-3-6-8(10)13/h3,5-6H,2,4H2,1H3,(H,14,16). The molecular formula is C11H11Cl2N3O. The molecule has 0 saturated carbocycles. The van der Waals surface area contributed by atoms with Gasteiger partial charge in [-0.2, -0.15) is 0 Å². The van der Waals surface area contributed by atoms with Crippen molar-refractivity contribution in [2.75, 3.05) is 5.32 Å². The third-order valence-corrected chi connectivity index (χ3v) is 2.76. The fourth-order valence-corrected chi connectivity index (χ4v) is 1.84. The molecule has 0 amide bonds. The first-order valence-electron chi connectivity index (χ1n) is 5.24. The molecule has 2 rings (SSSR count). The van der Waals surface area contributed by atoms with Crippen LogP contribution < -0.4 is 5.32 Å². The lowest BCUT2D eigenvalue weighted by atomic mass is 10.3. The van der Waals surface area contributed by atoms with E-state index in [4.69, 9.17) is 27.6 Å². The molecule has 1 aromatic heterocycles. The van der Waals surface area contributed by atoms with Crippen molar-refractivity contribution in [3.63, 3.8) is 0 Å². The number of rotatable bonds is 4. The maximum Gasteiger partial charge on any atom is 0.320 e. The SMILES string of the molecule is CCCc1nnc(Nc2c(Cl)cccc2Cl)o1. The molecule has 90 valence electrons. The predicted octanol–water partition coefficient (Wildman–Crippen LogP) is 4.07. The Morgan fingerprint density at radius 3 is 2.59 bits per heavy atom. The second-order valence-corrected chi connectivity index (χ2v) is 4.29. The summed E-state index contributed by atoms with van der Waals surface area (Å²) >= 11 is 12.0. The summed E-state index contributed by atoms with van der Waals surface area (Å²) in [6, 6.07) is 5.54. The van der Waals surface area contributed by atoms with Crippen molar-refractivity contribution in [3.05, 3.63) is 34.1 Å². The van der Waals surface area contributed by atoms with Crippen LogP contribution in [0.25, 0.3) is 0 Å². The molecule has 1 heterocycles. The van der Waals surface area contributed by atoms with Crippen LogP contribution in [0.2, 0.25) is 10.0 Å². The zero-order valence-electron chi connectivity index (χ0n) is 9.20. The van der Waals surface area contributed by atoms with Crippen LogP contribution in [0.4, 0.5) is 11.7 Å². The van der Waals surface area contributed by atoms with Crippen LogP contribution in [0.5, 0.6) is 0 Å². The lowest BCUT2D eigenvalue weighted by Crippen LogP contribution is -1.92. The lowest BCUT2D eigenvalue weighted by molar-refractivity contribution is 0.505. The smallest absolute Gasteiger partial charge is 0.320 e. The number of anilines is 2. The normalized spacial score (nSPS) is 10.5. The van der Waals surface area contributed by atoms with Crippen molar-refractivity contribution in [2.45, 2.75) is 19.8 Å². The van der Waals surface area contributed by atoms with E-state index in [2.05, 4.69) is 15.5 Å². The van der Waals surface area contributed by atoms with Gasteiger partial charge in [0.25, 0.3) is 0 Å². The van der Waals surface area contributed by atoms with Gasteiger partial charge in [-0.15, -0.1) is 5.10 Å². The highest BCUT2D eigenvalue weighted by molar-refractivity contribution is 6.39. The Kier molecular flexibility index (Phi) is 3.86. The van der Waals surface area contributed by atoms with Crippen LogP contribution in [0.3, 0.4) is 0 Å². The van der Waals surface area contributed by atoms with Crippen molar-refractivity contribution in [3.8, 4) is 0 Å². The van der Waals surface area contributed by atoms with Crippen LogP contribution in [0.15, 0.2) is 22.6 Å². The highest BCUT2D eigenvalue weighted by Crippen LogP contribution is 2.32. The molecule has 0 spiro atoms. The molecule has 2 aromatic rings. The third-order valence-electron chi connectivity index (χ3n) is 2.13. The van der Waals surface area contributed by atoms with E-state index in [9.17, 15) is 0 Å². The van der Waals surface area contributed by atoms with Crippen molar-refractivity contribution < 1.29 is 4.42 Å². The second kappa shape index (κ2) is 5.38. The number of nitrogens with zero attached hydrogens (tertiary/aromatic N) is 2. The molecule has 0 radical (unpaired) electrons. The van der Waals surface area contributed by atoms with Crippen LogP contribution in [-0.2, 0) is 6.42 Å². The summed E-state index contributed by atoms with van der Waals surface area (Å²) < 4.78 is 5.39. The average molecular weight is 272 g/mol. The summed E-state index contributed by atoms with van der Waals surface area (Å²) in [5.74, 6) is 0.596. The van der Waals surface area contributed by atoms with Gasteiger partial charge in [-0.1, -0.05) is 41.3 Å². The average Bonchev–Trinajstić information content (AvgIpc) is 2.72. The third kappa shape index (κ3) is 2.90. The fourth-order valence-electron chi connectivity index (χ4n) is 1.34. The van der Waals surface area contributed by atoms with Crippen LogP contribution in [0.1, 0.15) is 19.2 Å². The topological polar surface area (TPSA) is 51.0 Å². The van der Waals surface area contributed by atoms with Gasteiger partial charge in [0, 0.05) is 6.42 Å². The van der Waals surface area contributed by atoms with Crippen LogP contribution in [0, 0.1) is 0 Å². The molecule has 1 aromatic carbocycles. The Morgan fingerprint density at radius 1 is 1.24 bits per heavy atom. The zero-order valence-corrected chi connectivity index (χ0v) is 10.7. The largest absolute Gasteiger partial charge is 0.408 e. The number of hydrogen-bond acceptors (Lipinski definition) is 4. The molecule has 0 aliphatic heterocycles. The zero-order chi connectivity index (χ0) is 12.3. The van der Waals surface area contributed by atoms with Gasteiger partial charge in [-0.25, -0.2) is 0 Å². The molecule has 0 aliphatic carbocycles. The van der Waals surface area contributed by atoms with E-state index in [1.165, 1.54) is 0 Å². The maximum atomic E-state index is 6.01. The number of hydrogen-bond donors (Lipinski definition) is 1. The molecule has 0 aliphatic rings. The number of benzene rings is 1. The molecule has 6 heteroatoms. The summed E-state index contributed by atoms with van der Waals surface area (Å²) in [6.07, 6.45) is 1.71. The van der Waals surface area contributed by atoms with E-state index in [1.54, 1.807) is 18.2 Å². The van der Waals surface area contributed by atoms with Crippen molar-refractivity contribution >= 4 is 34.9 Å². The Hall–Kier alpha value is -1.26. The Morgan fingerprint density at radius 2 is 1.94 bits per heavy atom. The Labute approximate surface area is 109 Å². The van der Waals surface area contributed by atoms with E-state index < -0.39 is 0 Å². The first-order valence-corrected chi connectivity index (χ1v) is 5.99. The van der Waals surface area contributed by atoms with Gasteiger partial charge in [0.05, 0.1) is 15.7 Å². The van der Waals surface area contributed by atoms with Gasteiger partial charge in [0.1, 0.15) is 0 Å². The summed E-state index contributed by atoms with van der Waals surface area (Å²) in [5, 5.41) is 11.7. The van der Waals surface area contributed by atoms with Gasteiger partial charge < -0.3 is 9.73 Å². The number of halogens is 2. The molecule has 4 nitrogen and oxygen atoms in total. The molecule has 0 fully saturated rings. The summed E-state index contributed by atoms with van der Waals surface area (Å²) in [5.41, 5.74) is 0.572. The highest BCUT2D eigenvalue weighted by Gasteiger charge is 2.10. The Bertz CT molecular complexity index is 493. The van der Waals surface area contributed by atoms with Crippen LogP contribution in [-0.4, -0.2) is 10.2 Å². The molecule has 0 unspecified atom stereocenters. The first-order chi connectivity index (χ1) is 8.20. The summed E-state index contributed by atoms with van der Waals surface area (Å²) in [4.78, 5) is 0. The second-order valence-electron chi connectivity index (χ2n) is 3.47.